The highest BCUT2D eigenvalue weighted by molar-refractivity contribution is 14.1. The summed E-state index contributed by atoms with van der Waals surface area (Å²) < 4.78 is 1.07. The molecule has 0 saturated carbocycles. The van der Waals surface area contributed by atoms with Crippen LogP contribution in [0.3, 0.4) is 0 Å². The lowest BCUT2D eigenvalue weighted by Crippen LogP contribution is -2.12. The smallest absolute Gasteiger partial charge is 0.142 e. The first-order chi connectivity index (χ1) is 7.25. The molecule has 2 aromatic rings. The number of nitrogens with zero attached hydrogens (tertiary/aromatic N) is 2. The Morgan fingerprint density at radius 3 is 2.87 bits per heavy atom. The number of benzene rings is 1. The van der Waals surface area contributed by atoms with E-state index in [9.17, 15) is 0 Å². The zero-order chi connectivity index (χ0) is 10.7. The van der Waals surface area contributed by atoms with Crippen molar-refractivity contribution in [2.45, 2.75) is 13.5 Å². The van der Waals surface area contributed by atoms with Crippen LogP contribution in [0.15, 0.2) is 36.7 Å². The maximum absolute atomic E-state index is 5.49. The summed E-state index contributed by atoms with van der Waals surface area (Å²) in [5.74, 6) is 0. The lowest BCUT2D eigenvalue weighted by Gasteiger charge is -2.06. The van der Waals surface area contributed by atoms with E-state index in [0.717, 1.165) is 3.57 Å². The molecule has 78 valence electrons. The van der Waals surface area contributed by atoms with Gasteiger partial charge in [0.25, 0.3) is 0 Å². The van der Waals surface area contributed by atoms with Crippen molar-refractivity contribution in [1.82, 2.24) is 9.94 Å². The molecule has 0 bridgehead atoms. The van der Waals surface area contributed by atoms with Crippen molar-refractivity contribution in [3.8, 4) is 0 Å². The number of rotatable bonds is 3. The number of halogens is 1. The molecule has 4 heteroatoms. The van der Waals surface area contributed by atoms with Crippen LogP contribution in [0.5, 0.6) is 0 Å². The van der Waals surface area contributed by atoms with Crippen molar-refractivity contribution < 1.29 is 4.84 Å². The minimum absolute atomic E-state index is 0.546. The van der Waals surface area contributed by atoms with E-state index in [4.69, 9.17) is 4.84 Å². The van der Waals surface area contributed by atoms with E-state index in [1.165, 1.54) is 16.0 Å². The number of hydrogen-bond acceptors (Lipinski definition) is 2. The molecule has 3 nitrogen and oxygen atoms in total. The van der Waals surface area contributed by atoms with Gasteiger partial charge < -0.3 is 4.84 Å². The van der Waals surface area contributed by atoms with E-state index in [-0.39, 0.29) is 0 Å². The van der Waals surface area contributed by atoms with Crippen LogP contribution in [0.4, 0.5) is 0 Å². The average molecular weight is 314 g/mol. The summed E-state index contributed by atoms with van der Waals surface area (Å²) in [5.41, 5.74) is 2.42. The predicted octanol–water partition coefficient (Wildman–Crippen LogP) is 2.42. The van der Waals surface area contributed by atoms with Crippen LogP contribution >= 0.6 is 22.6 Å². The standard InChI is InChI=1S/C11H11IN2O/c1-9-4-2-3-5-10(9)8-15-14-7-11(12)6-13-14/h2-7H,8H2,1H3. The monoisotopic (exact) mass is 314 g/mol. The van der Waals surface area contributed by atoms with E-state index >= 15 is 0 Å². The summed E-state index contributed by atoms with van der Waals surface area (Å²) in [6, 6.07) is 8.17. The van der Waals surface area contributed by atoms with Crippen molar-refractivity contribution >= 4 is 22.6 Å². The largest absolute Gasteiger partial charge is 0.392 e. The topological polar surface area (TPSA) is 27.1 Å². The molecule has 0 amide bonds. The van der Waals surface area contributed by atoms with E-state index in [1.54, 1.807) is 6.20 Å². The Labute approximate surface area is 102 Å². The van der Waals surface area contributed by atoms with E-state index in [2.05, 4.69) is 46.7 Å². The van der Waals surface area contributed by atoms with Gasteiger partial charge in [0.05, 0.1) is 16.0 Å². The molecule has 1 aromatic heterocycles. The number of aromatic nitrogens is 2. The zero-order valence-corrected chi connectivity index (χ0v) is 10.5. The van der Waals surface area contributed by atoms with Gasteiger partial charge in [-0.05, 0) is 40.6 Å². The van der Waals surface area contributed by atoms with Gasteiger partial charge >= 0.3 is 0 Å². The summed E-state index contributed by atoms with van der Waals surface area (Å²) >= 11 is 2.20. The highest BCUT2D eigenvalue weighted by Crippen LogP contribution is 2.07. The van der Waals surface area contributed by atoms with Gasteiger partial charge in [-0.1, -0.05) is 24.3 Å². The maximum Gasteiger partial charge on any atom is 0.142 e. The van der Waals surface area contributed by atoms with Gasteiger partial charge in [-0.25, -0.2) is 0 Å². The van der Waals surface area contributed by atoms with Crippen LogP contribution < -0.4 is 4.84 Å². The molecular weight excluding hydrogens is 303 g/mol. The summed E-state index contributed by atoms with van der Waals surface area (Å²) in [6.07, 6.45) is 3.61. The van der Waals surface area contributed by atoms with Crippen LogP contribution in [0, 0.1) is 10.5 Å². The fourth-order valence-corrected chi connectivity index (χ4v) is 1.63. The lowest BCUT2D eigenvalue weighted by molar-refractivity contribution is 0.0696. The van der Waals surface area contributed by atoms with Crippen molar-refractivity contribution in [2.75, 3.05) is 0 Å². The Kier molecular flexibility index (Phi) is 3.25. The molecule has 0 aliphatic heterocycles. The molecule has 1 heterocycles. The van der Waals surface area contributed by atoms with Crippen molar-refractivity contribution in [3.05, 3.63) is 51.4 Å². The fraction of sp³-hybridized carbons (Fsp3) is 0.182. The van der Waals surface area contributed by atoms with Crippen LogP contribution in [0.25, 0.3) is 0 Å². The molecule has 0 aliphatic carbocycles. The van der Waals surface area contributed by atoms with E-state index < -0.39 is 0 Å². The fourth-order valence-electron chi connectivity index (χ4n) is 1.26. The Balaban J connectivity index is 2.02. The van der Waals surface area contributed by atoms with E-state index in [1.807, 2.05) is 18.3 Å². The minimum Gasteiger partial charge on any atom is -0.392 e. The third-order valence-electron chi connectivity index (χ3n) is 2.14. The molecule has 0 saturated heterocycles. The lowest BCUT2D eigenvalue weighted by atomic mass is 10.1. The molecule has 0 atom stereocenters. The average Bonchev–Trinajstić information content (AvgIpc) is 2.63. The Morgan fingerprint density at radius 1 is 1.40 bits per heavy atom. The molecule has 0 spiro atoms. The van der Waals surface area contributed by atoms with Gasteiger partial charge in [-0.15, -0.1) is 9.94 Å². The van der Waals surface area contributed by atoms with Crippen LogP contribution in [0.2, 0.25) is 0 Å². The third kappa shape index (κ3) is 2.71. The molecule has 0 N–H and O–H groups in total. The van der Waals surface area contributed by atoms with Gasteiger partial charge in [0.15, 0.2) is 0 Å². The zero-order valence-electron chi connectivity index (χ0n) is 8.35. The molecule has 0 radical (unpaired) electrons. The molecular formula is C11H11IN2O. The number of aryl methyl sites for hydroxylation is 1. The SMILES string of the molecule is Cc1ccccc1COn1cc(I)cn1. The Morgan fingerprint density at radius 2 is 2.20 bits per heavy atom. The van der Waals surface area contributed by atoms with Gasteiger partial charge in [0.2, 0.25) is 0 Å². The Bertz CT molecular complexity index is 453. The third-order valence-corrected chi connectivity index (χ3v) is 2.70. The first kappa shape index (κ1) is 10.5. The predicted molar refractivity (Wildman–Crippen MR) is 66.4 cm³/mol. The normalized spacial score (nSPS) is 10.3. The van der Waals surface area contributed by atoms with Gasteiger partial charge in [-0.2, -0.15) is 0 Å². The highest BCUT2D eigenvalue weighted by atomic mass is 127. The summed E-state index contributed by atoms with van der Waals surface area (Å²) in [7, 11) is 0. The summed E-state index contributed by atoms with van der Waals surface area (Å²) in [4.78, 5) is 6.99. The second-order valence-electron chi connectivity index (χ2n) is 3.26. The first-order valence-corrected chi connectivity index (χ1v) is 5.71. The summed E-state index contributed by atoms with van der Waals surface area (Å²) in [6.45, 7) is 2.62. The second-order valence-corrected chi connectivity index (χ2v) is 4.51. The van der Waals surface area contributed by atoms with Gasteiger partial charge in [0, 0.05) is 0 Å². The van der Waals surface area contributed by atoms with Crippen molar-refractivity contribution in [1.29, 1.82) is 0 Å². The molecule has 2 rings (SSSR count). The van der Waals surface area contributed by atoms with Gasteiger partial charge in [0.1, 0.15) is 6.61 Å². The minimum atomic E-state index is 0.546. The molecule has 0 unspecified atom stereocenters. The quantitative estimate of drug-likeness (QED) is 0.814. The van der Waals surface area contributed by atoms with Crippen LogP contribution in [0.1, 0.15) is 11.1 Å². The molecule has 1 aromatic carbocycles. The number of hydrogen-bond donors (Lipinski definition) is 0. The van der Waals surface area contributed by atoms with E-state index in [0.29, 0.717) is 6.61 Å². The van der Waals surface area contributed by atoms with Crippen LogP contribution in [-0.4, -0.2) is 9.94 Å². The first-order valence-electron chi connectivity index (χ1n) is 4.63. The van der Waals surface area contributed by atoms with Crippen molar-refractivity contribution in [2.24, 2.45) is 0 Å². The van der Waals surface area contributed by atoms with Crippen LogP contribution in [-0.2, 0) is 6.61 Å². The molecule has 0 aliphatic rings. The maximum atomic E-state index is 5.49. The molecule has 15 heavy (non-hydrogen) atoms. The highest BCUT2D eigenvalue weighted by Gasteiger charge is 1.99. The Hall–Kier alpha value is -1.04. The second kappa shape index (κ2) is 4.65. The summed E-state index contributed by atoms with van der Waals surface area (Å²) in [5, 5.41) is 4.05. The van der Waals surface area contributed by atoms with Gasteiger partial charge in [-0.3, -0.25) is 0 Å². The van der Waals surface area contributed by atoms with Crippen molar-refractivity contribution in [3.63, 3.8) is 0 Å². The molecule has 0 fully saturated rings.